The van der Waals surface area contributed by atoms with Crippen molar-refractivity contribution in [3.05, 3.63) is 24.3 Å². The van der Waals surface area contributed by atoms with E-state index in [1.165, 1.54) is 6.26 Å². The Balaban J connectivity index is 2.17. The highest BCUT2D eigenvalue weighted by Crippen LogP contribution is 2.34. The smallest absolute Gasteiger partial charge is 0.288 e. The summed E-state index contributed by atoms with van der Waals surface area (Å²) in [6.45, 7) is 0. The molecule has 0 saturated heterocycles. The number of anilines is 1. The number of hydrogen-bond acceptors (Lipinski definition) is 4. The van der Waals surface area contributed by atoms with Gasteiger partial charge in [-0.3, -0.25) is 0 Å². The van der Waals surface area contributed by atoms with E-state index in [2.05, 4.69) is 5.32 Å². The van der Waals surface area contributed by atoms with Gasteiger partial charge in [-0.05, 0) is 31.4 Å². The van der Waals surface area contributed by atoms with Gasteiger partial charge in [0.1, 0.15) is 0 Å². The van der Waals surface area contributed by atoms with Crippen LogP contribution in [0.5, 0.6) is 0 Å². The van der Waals surface area contributed by atoms with Gasteiger partial charge in [-0.25, -0.2) is 8.42 Å². The molecule has 1 aromatic carbocycles. The zero-order valence-corrected chi connectivity index (χ0v) is 12.7. The van der Waals surface area contributed by atoms with Crippen LogP contribution in [-0.2, 0) is 9.84 Å². The Morgan fingerprint density at radius 2 is 2.00 bits per heavy atom. The van der Waals surface area contributed by atoms with Crippen molar-refractivity contribution in [2.75, 3.05) is 11.6 Å². The first-order valence-corrected chi connectivity index (χ1v) is 9.20. The second-order valence-corrected chi connectivity index (χ2v) is 8.22. The molecule has 0 aromatic heterocycles. The Labute approximate surface area is 122 Å². The molecule has 1 N–H and O–H groups in total. The highest BCUT2D eigenvalue weighted by atomic mass is 32.2. The number of benzene rings is 1. The summed E-state index contributed by atoms with van der Waals surface area (Å²) in [7, 11) is -3.13. The van der Waals surface area contributed by atoms with Gasteiger partial charge in [0.15, 0.2) is 9.84 Å². The zero-order chi connectivity index (χ0) is 14.8. The topological polar surface area (TPSA) is 46.2 Å². The van der Waals surface area contributed by atoms with E-state index < -0.39 is 20.8 Å². The van der Waals surface area contributed by atoms with E-state index in [4.69, 9.17) is 0 Å². The highest BCUT2D eigenvalue weighted by molar-refractivity contribution is 7.99. The van der Waals surface area contributed by atoms with Crippen molar-refractivity contribution in [2.45, 2.75) is 41.2 Å². The minimum Gasteiger partial charge on any atom is -0.380 e. The van der Waals surface area contributed by atoms with Crippen molar-refractivity contribution >= 4 is 27.3 Å². The lowest BCUT2D eigenvalue weighted by Crippen LogP contribution is -2.34. The van der Waals surface area contributed by atoms with Crippen molar-refractivity contribution in [1.82, 2.24) is 0 Å². The summed E-state index contributed by atoms with van der Waals surface area (Å²) in [4.78, 5) is 0.446. The third kappa shape index (κ3) is 3.85. The van der Waals surface area contributed by atoms with Crippen molar-refractivity contribution in [3.63, 3.8) is 0 Å². The largest absolute Gasteiger partial charge is 0.380 e. The number of halogens is 2. The molecule has 1 saturated carbocycles. The molecule has 0 bridgehead atoms. The first-order chi connectivity index (χ1) is 9.38. The first-order valence-electron chi connectivity index (χ1n) is 6.37. The maximum atomic E-state index is 12.5. The van der Waals surface area contributed by atoms with Crippen LogP contribution < -0.4 is 5.32 Å². The zero-order valence-electron chi connectivity index (χ0n) is 11.1. The summed E-state index contributed by atoms with van der Waals surface area (Å²) in [5.74, 6) is -2.49. The van der Waals surface area contributed by atoms with Crippen molar-refractivity contribution in [2.24, 2.45) is 0 Å². The number of para-hydroxylation sites is 1. The average molecular weight is 321 g/mol. The Morgan fingerprint density at radius 1 is 1.30 bits per heavy atom. The third-order valence-corrected chi connectivity index (χ3v) is 5.90. The van der Waals surface area contributed by atoms with Gasteiger partial charge in [-0.15, -0.1) is 0 Å². The maximum Gasteiger partial charge on any atom is 0.288 e. The molecule has 1 aliphatic rings. The molecule has 20 heavy (non-hydrogen) atoms. The molecule has 1 aliphatic carbocycles. The van der Waals surface area contributed by atoms with Crippen LogP contribution in [0.4, 0.5) is 14.5 Å². The third-order valence-electron chi connectivity index (χ3n) is 3.45. The fourth-order valence-electron chi connectivity index (χ4n) is 2.59. The number of alkyl halides is 2. The SMILES string of the molecule is CS(=O)(=O)C1CCCC1Nc1ccccc1SC(F)F. The van der Waals surface area contributed by atoms with Gasteiger partial charge in [-0.1, -0.05) is 23.9 Å². The standard InChI is InChI=1S/C13H17F2NO2S2/c1-20(17,18)12-8-4-6-10(12)16-9-5-2-3-7-11(9)19-13(14)15/h2-3,5,7,10,12-13,16H,4,6,8H2,1H3. The van der Waals surface area contributed by atoms with Crippen molar-refractivity contribution in [1.29, 1.82) is 0 Å². The van der Waals surface area contributed by atoms with Gasteiger partial charge >= 0.3 is 0 Å². The first kappa shape index (κ1) is 15.6. The lowest BCUT2D eigenvalue weighted by molar-refractivity contribution is 0.252. The van der Waals surface area contributed by atoms with E-state index in [1.807, 2.05) is 0 Å². The summed E-state index contributed by atoms with van der Waals surface area (Å²) in [6.07, 6.45) is 3.43. The fourth-order valence-corrected chi connectivity index (χ4v) is 4.59. The van der Waals surface area contributed by atoms with Gasteiger partial charge in [0.2, 0.25) is 0 Å². The molecule has 0 aliphatic heterocycles. The van der Waals surface area contributed by atoms with Crippen LogP contribution in [0.25, 0.3) is 0 Å². The number of nitrogens with one attached hydrogen (secondary N) is 1. The molecule has 1 aromatic rings. The second-order valence-electron chi connectivity index (χ2n) is 4.92. The van der Waals surface area contributed by atoms with Crippen LogP contribution in [-0.4, -0.2) is 31.7 Å². The molecule has 0 radical (unpaired) electrons. The molecular weight excluding hydrogens is 304 g/mol. The summed E-state index contributed by atoms with van der Waals surface area (Å²) >= 11 is 0.472. The van der Waals surface area contributed by atoms with E-state index in [0.717, 1.165) is 12.8 Å². The lowest BCUT2D eigenvalue weighted by Gasteiger charge is -2.22. The normalized spacial score (nSPS) is 23.2. The van der Waals surface area contributed by atoms with E-state index in [-0.39, 0.29) is 6.04 Å². The molecule has 0 heterocycles. The molecule has 0 spiro atoms. The molecule has 2 atom stereocenters. The molecule has 0 amide bonds. The molecule has 3 nitrogen and oxygen atoms in total. The Bertz CT molecular complexity index is 563. The Hall–Kier alpha value is -0.820. The average Bonchev–Trinajstić information content (AvgIpc) is 2.79. The quantitative estimate of drug-likeness (QED) is 0.845. The minimum absolute atomic E-state index is 0.204. The van der Waals surface area contributed by atoms with Crippen LogP contribution in [0.3, 0.4) is 0 Å². The van der Waals surface area contributed by atoms with Crippen molar-refractivity contribution in [3.8, 4) is 0 Å². The number of rotatable bonds is 5. The molecule has 2 rings (SSSR count). The summed E-state index contributed by atoms with van der Waals surface area (Å²) < 4.78 is 48.5. The summed E-state index contributed by atoms with van der Waals surface area (Å²) in [5, 5.41) is 2.70. The maximum absolute atomic E-state index is 12.5. The van der Waals surface area contributed by atoms with Crippen LogP contribution in [0.2, 0.25) is 0 Å². The van der Waals surface area contributed by atoms with Gasteiger partial charge in [0.05, 0.1) is 5.25 Å². The number of thioether (sulfide) groups is 1. The van der Waals surface area contributed by atoms with E-state index in [1.54, 1.807) is 24.3 Å². The predicted molar refractivity (Wildman–Crippen MR) is 78.2 cm³/mol. The van der Waals surface area contributed by atoms with Gasteiger partial charge in [0, 0.05) is 22.9 Å². The van der Waals surface area contributed by atoms with E-state index in [9.17, 15) is 17.2 Å². The molecule has 7 heteroatoms. The van der Waals surface area contributed by atoms with Crippen LogP contribution in [0, 0.1) is 0 Å². The predicted octanol–water partition coefficient (Wildman–Crippen LogP) is 3.38. The van der Waals surface area contributed by atoms with E-state index >= 15 is 0 Å². The van der Waals surface area contributed by atoms with Gasteiger partial charge < -0.3 is 5.32 Å². The van der Waals surface area contributed by atoms with Gasteiger partial charge in [0.25, 0.3) is 5.76 Å². The fraction of sp³-hybridized carbons (Fsp3) is 0.538. The van der Waals surface area contributed by atoms with E-state index in [0.29, 0.717) is 28.8 Å². The summed E-state index contributed by atoms with van der Waals surface area (Å²) in [5.41, 5.74) is 0.582. The Morgan fingerprint density at radius 3 is 2.65 bits per heavy atom. The number of sulfone groups is 1. The van der Waals surface area contributed by atoms with Gasteiger partial charge in [-0.2, -0.15) is 8.78 Å². The number of hydrogen-bond donors (Lipinski definition) is 1. The molecule has 112 valence electrons. The summed E-state index contributed by atoms with van der Waals surface area (Å²) in [6, 6.07) is 6.57. The monoisotopic (exact) mass is 321 g/mol. The second kappa shape index (κ2) is 6.30. The minimum atomic E-state index is -3.13. The molecular formula is C13H17F2NO2S2. The van der Waals surface area contributed by atoms with Crippen LogP contribution in [0.1, 0.15) is 19.3 Å². The molecule has 2 unspecified atom stereocenters. The van der Waals surface area contributed by atoms with Crippen molar-refractivity contribution < 1.29 is 17.2 Å². The lowest BCUT2D eigenvalue weighted by atomic mass is 10.2. The van der Waals surface area contributed by atoms with Crippen LogP contribution in [0.15, 0.2) is 29.2 Å². The Kier molecular flexibility index (Phi) is 4.90. The highest BCUT2D eigenvalue weighted by Gasteiger charge is 2.35. The molecule has 1 fully saturated rings. The van der Waals surface area contributed by atoms with Crippen LogP contribution >= 0.6 is 11.8 Å².